The predicted molar refractivity (Wildman–Crippen MR) is 114 cm³/mol. The number of nitrogens with zero attached hydrogens (tertiary/aromatic N) is 1. The number of carboxylic acids is 1. The van der Waals surface area contributed by atoms with Gasteiger partial charge in [0, 0.05) is 24.3 Å². The van der Waals surface area contributed by atoms with Gasteiger partial charge in [-0.05, 0) is 35.7 Å². The summed E-state index contributed by atoms with van der Waals surface area (Å²) in [6, 6.07) is 15.3. The molecule has 1 aliphatic rings. The lowest BCUT2D eigenvalue weighted by molar-refractivity contribution is -0.140. The Hall–Kier alpha value is -2.73. The SMILES string of the molecule is CC(C)Nc1c(Cc2cccc3ccccc23)cc(=O)n2c1SCC2C(=O)O. The minimum absolute atomic E-state index is 0.165. The Morgan fingerprint density at radius 2 is 1.96 bits per heavy atom. The fourth-order valence-corrected chi connectivity index (χ4v) is 5.03. The molecular formula is C22H22N2O3S. The number of pyridine rings is 1. The van der Waals surface area contributed by atoms with Crippen molar-refractivity contribution in [3.8, 4) is 0 Å². The van der Waals surface area contributed by atoms with Gasteiger partial charge in [0.15, 0.2) is 0 Å². The number of hydrogen-bond donors (Lipinski definition) is 2. The number of thioether (sulfide) groups is 1. The molecule has 144 valence electrons. The van der Waals surface area contributed by atoms with Crippen molar-refractivity contribution in [3.63, 3.8) is 0 Å². The van der Waals surface area contributed by atoms with E-state index in [2.05, 4.69) is 29.6 Å². The van der Waals surface area contributed by atoms with E-state index in [4.69, 9.17) is 0 Å². The van der Waals surface area contributed by atoms with Crippen molar-refractivity contribution < 1.29 is 9.90 Å². The Labute approximate surface area is 167 Å². The molecule has 28 heavy (non-hydrogen) atoms. The zero-order chi connectivity index (χ0) is 19.8. The van der Waals surface area contributed by atoms with Crippen LogP contribution in [0.5, 0.6) is 0 Å². The Morgan fingerprint density at radius 1 is 1.21 bits per heavy atom. The number of hydrogen-bond acceptors (Lipinski definition) is 4. The molecule has 0 spiro atoms. The monoisotopic (exact) mass is 394 g/mol. The molecule has 2 N–H and O–H groups in total. The van der Waals surface area contributed by atoms with E-state index in [-0.39, 0.29) is 11.6 Å². The van der Waals surface area contributed by atoms with Crippen molar-refractivity contribution in [1.29, 1.82) is 0 Å². The predicted octanol–water partition coefficient (Wildman–Crippen LogP) is 4.14. The van der Waals surface area contributed by atoms with Crippen molar-refractivity contribution >= 4 is 34.2 Å². The molecule has 2 aromatic carbocycles. The minimum atomic E-state index is -0.967. The Kier molecular flexibility index (Phi) is 4.89. The lowest BCUT2D eigenvalue weighted by atomic mass is 9.98. The number of benzene rings is 2. The first kappa shape index (κ1) is 18.6. The zero-order valence-electron chi connectivity index (χ0n) is 15.8. The molecule has 0 aliphatic carbocycles. The van der Waals surface area contributed by atoms with Gasteiger partial charge < -0.3 is 10.4 Å². The van der Waals surface area contributed by atoms with Gasteiger partial charge in [0.05, 0.1) is 5.69 Å². The topological polar surface area (TPSA) is 71.3 Å². The summed E-state index contributed by atoms with van der Waals surface area (Å²) in [6.45, 7) is 4.08. The largest absolute Gasteiger partial charge is 0.480 e. The lowest BCUT2D eigenvalue weighted by Gasteiger charge is -2.20. The van der Waals surface area contributed by atoms with Gasteiger partial charge in [-0.25, -0.2) is 4.79 Å². The van der Waals surface area contributed by atoms with Gasteiger partial charge in [-0.3, -0.25) is 9.36 Å². The van der Waals surface area contributed by atoms with Crippen LogP contribution in [0.25, 0.3) is 10.8 Å². The molecule has 1 aliphatic heterocycles. The van der Waals surface area contributed by atoms with E-state index in [1.165, 1.54) is 16.3 Å². The average molecular weight is 394 g/mol. The smallest absolute Gasteiger partial charge is 0.327 e. The molecule has 0 saturated heterocycles. The number of anilines is 1. The molecule has 6 heteroatoms. The van der Waals surface area contributed by atoms with Crippen LogP contribution in [0.2, 0.25) is 0 Å². The van der Waals surface area contributed by atoms with Gasteiger partial charge in [-0.1, -0.05) is 42.5 Å². The maximum atomic E-state index is 12.8. The normalized spacial score (nSPS) is 15.8. The molecule has 0 saturated carbocycles. The van der Waals surface area contributed by atoms with Crippen LogP contribution in [0.3, 0.4) is 0 Å². The second kappa shape index (κ2) is 7.36. The Bertz CT molecular complexity index is 1120. The number of carbonyl (C=O) groups is 1. The maximum Gasteiger partial charge on any atom is 0.327 e. The molecular weight excluding hydrogens is 372 g/mol. The zero-order valence-corrected chi connectivity index (χ0v) is 16.6. The van der Waals surface area contributed by atoms with E-state index in [1.54, 1.807) is 6.07 Å². The molecule has 0 amide bonds. The van der Waals surface area contributed by atoms with Crippen LogP contribution in [0.15, 0.2) is 58.4 Å². The number of rotatable bonds is 5. The Balaban J connectivity index is 1.86. The summed E-state index contributed by atoms with van der Waals surface area (Å²) < 4.78 is 1.42. The van der Waals surface area contributed by atoms with E-state index < -0.39 is 12.0 Å². The molecule has 2 heterocycles. The summed E-state index contributed by atoms with van der Waals surface area (Å²) in [6.07, 6.45) is 0.609. The summed E-state index contributed by atoms with van der Waals surface area (Å²) in [5, 5.41) is 16.0. The van der Waals surface area contributed by atoms with Crippen molar-refractivity contribution in [2.24, 2.45) is 0 Å². The van der Waals surface area contributed by atoms with Crippen molar-refractivity contribution in [2.75, 3.05) is 11.1 Å². The number of carboxylic acid groups (broad SMARTS) is 1. The molecule has 1 unspecified atom stereocenters. The van der Waals surface area contributed by atoms with Crippen LogP contribution in [0.4, 0.5) is 5.69 Å². The van der Waals surface area contributed by atoms with Crippen molar-refractivity contribution in [2.45, 2.75) is 37.4 Å². The van der Waals surface area contributed by atoms with Crippen molar-refractivity contribution in [3.05, 3.63) is 70.0 Å². The van der Waals surface area contributed by atoms with E-state index in [0.717, 1.165) is 32.6 Å². The molecule has 1 atom stereocenters. The maximum absolute atomic E-state index is 12.8. The Morgan fingerprint density at radius 3 is 2.71 bits per heavy atom. The molecule has 0 fully saturated rings. The highest BCUT2D eigenvalue weighted by molar-refractivity contribution is 7.99. The quantitative estimate of drug-likeness (QED) is 0.680. The first-order chi connectivity index (χ1) is 13.5. The first-order valence-electron chi connectivity index (χ1n) is 9.33. The highest BCUT2D eigenvalue weighted by Gasteiger charge is 2.33. The second-order valence-corrected chi connectivity index (χ2v) is 8.35. The standard InChI is InChI=1S/C22H22N2O3S/c1-13(2)23-20-16(10-15-8-5-7-14-6-3-4-9-17(14)15)11-19(25)24-18(22(26)27)12-28-21(20)24/h3-9,11,13,18,23H,10,12H2,1-2H3,(H,26,27). The van der Waals surface area contributed by atoms with Gasteiger partial charge in [0.1, 0.15) is 11.1 Å². The van der Waals surface area contributed by atoms with Gasteiger partial charge in [0.2, 0.25) is 0 Å². The average Bonchev–Trinajstić information content (AvgIpc) is 3.11. The van der Waals surface area contributed by atoms with Gasteiger partial charge >= 0.3 is 5.97 Å². The summed E-state index contributed by atoms with van der Waals surface area (Å²) >= 11 is 1.44. The third-order valence-corrected chi connectivity index (χ3v) is 6.11. The highest BCUT2D eigenvalue weighted by atomic mass is 32.2. The molecule has 4 rings (SSSR count). The minimum Gasteiger partial charge on any atom is -0.480 e. The van der Waals surface area contributed by atoms with Crippen LogP contribution in [-0.2, 0) is 11.2 Å². The number of aromatic nitrogens is 1. The molecule has 3 aromatic rings. The van der Waals surface area contributed by atoms with E-state index >= 15 is 0 Å². The van der Waals surface area contributed by atoms with Crippen LogP contribution in [0.1, 0.15) is 31.0 Å². The highest BCUT2D eigenvalue weighted by Crippen LogP contribution is 2.40. The summed E-state index contributed by atoms with van der Waals surface area (Å²) in [5.41, 5.74) is 2.67. The summed E-state index contributed by atoms with van der Waals surface area (Å²) in [7, 11) is 0. The van der Waals surface area contributed by atoms with E-state index in [9.17, 15) is 14.7 Å². The van der Waals surface area contributed by atoms with Gasteiger partial charge in [-0.2, -0.15) is 0 Å². The molecule has 0 bridgehead atoms. The third kappa shape index (κ3) is 3.29. The van der Waals surface area contributed by atoms with E-state index in [1.807, 2.05) is 32.0 Å². The van der Waals surface area contributed by atoms with Gasteiger partial charge in [0.25, 0.3) is 5.56 Å². The third-order valence-electron chi connectivity index (χ3n) is 4.96. The van der Waals surface area contributed by atoms with Crippen LogP contribution in [0, 0.1) is 0 Å². The fourth-order valence-electron chi connectivity index (χ4n) is 3.73. The van der Waals surface area contributed by atoms with Crippen LogP contribution in [-0.4, -0.2) is 27.4 Å². The van der Waals surface area contributed by atoms with Crippen LogP contribution < -0.4 is 10.9 Å². The number of aliphatic carboxylic acids is 1. The molecule has 1 aromatic heterocycles. The van der Waals surface area contributed by atoms with E-state index in [0.29, 0.717) is 12.2 Å². The summed E-state index contributed by atoms with van der Waals surface area (Å²) in [5.74, 6) is -0.597. The fraction of sp³-hybridized carbons (Fsp3) is 0.273. The van der Waals surface area contributed by atoms with Gasteiger partial charge in [-0.15, -0.1) is 11.8 Å². The molecule has 5 nitrogen and oxygen atoms in total. The van der Waals surface area contributed by atoms with Crippen molar-refractivity contribution in [1.82, 2.24) is 4.57 Å². The second-order valence-electron chi connectivity index (χ2n) is 7.34. The number of nitrogens with one attached hydrogen (secondary N) is 1. The van der Waals surface area contributed by atoms with Crippen LogP contribution >= 0.6 is 11.8 Å². The molecule has 0 radical (unpaired) electrons. The summed E-state index contributed by atoms with van der Waals surface area (Å²) in [4.78, 5) is 24.4. The lowest BCUT2D eigenvalue weighted by Crippen LogP contribution is -2.30. The number of fused-ring (bicyclic) bond motifs is 2. The first-order valence-corrected chi connectivity index (χ1v) is 10.3.